The number of amides is 1. The van der Waals surface area contributed by atoms with Gasteiger partial charge in [-0.25, -0.2) is 0 Å². The normalized spacial score (nSPS) is 12.2. The van der Waals surface area contributed by atoms with Crippen molar-refractivity contribution in [3.63, 3.8) is 0 Å². The summed E-state index contributed by atoms with van der Waals surface area (Å²) in [6.07, 6.45) is 1.57. The monoisotopic (exact) mass is 310 g/mol. The maximum absolute atomic E-state index is 12.0. The summed E-state index contributed by atoms with van der Waals surface area (Å²) in [7, 11) is 0. The molecule has 0 aliphatic rings. The fourth-order valence-electron chi connectivity index (χ4n) is 1.81. The van der Waals surface area contributed by atoms with Crippen molar-refractivity contribution in [1.82, 2.24) is 5.32 Å². The predicted molar refractivity (Wildman–Crippen MR) is 76.8 cm³/mol. The van der Waals surface area contributed by atoms with E-state index in [2.05, 4.69) is 15.4 Å². The molecule has 0 fully saturated rings. The van der Waals surface area contributed by atoms with Crippen molar-refractivity contribution >= 4 is 11.6 Å². The summed E-state index contributed by atoms with van der Waals surface area (Å²) in [6.45, 7) is -0.896. The Morgan fingerprint density at radius 3 is 2.59 bits per heavy atom. The predicted octanol–water partition coefficient (Wildman–Crippen LogP) is 3.17. The topological polar surface area (TPSA) is 63.5 Å². The summed E-state index contributed by atoms with van der Waals surface area (Å²) in [4.78, 5) is 11.8. The molecule has 0 aliphatic heterocycles. The third-order valence-corrected chi connectivity index (χ3v) is 2.90. The van der Waals surface area contributed by atoms with Crippen molar-refractivity contribution in [2.45, 2.75) is 19.6 Å². The Morgan fingerprint density at radius 2 is 2.00 bits per heavy atom. The molecule has 0 unspecified atom stereocenters. The van der Waals surface area contributed by atoms with Crippen LogP contribution in [-0.2, 0) is 4.79 Å². The first kappa shape index (κ1) is 16.0. The van der Waals surface area contributed by atoms with E-state index in [-0.39, 0.29) is 24.2 Å². The molecule has 0 saturated carbocycles. The summed E-state index contributed by atoms with van der Waals surface area (Å²) >= 11 is 0. The smallest absolute Gasteiger partial charge is 0.387 e. The molecule has 0 saturated heterocycles. The molecular weight excluding hydrogens is 294 g/mol. The Balaban J connectivity index is 1.79. The quantitative estimate of drug-likeness (QED) is 0.824. The van der Waals surface area contributed by atoms with Crippen LogP contribution < -0.4 is 15.4 Å². The van der Waals surface area contributed by atoms with Crippen molar-refractivity contribution in [3.05, 3.63) is 48.4 Å². The van der Waals surface area contributed by atoms with Crippen LogP contribution in [0.25, 0.3) is 0 Å². The average molecular weight is 310 g/mol. The Labute approximate surface area is 126 Å². The lowest BCUT2D eigenvalue weighted by Crippen LogP contribution is -2.29. The minimum Gasteiger partial charge on any atom is -0.468 e. The van der Waals surface area contributed by atoms with Crippen molar-refractivity contribution in [1.29, 1.82) is 0 Å². The van der Waals surface area contributed by atoms with Gasteiger partial charge in [0.2, 0.25) is 5.91 Å². The lowest BCUT2D eigenvalue weighted by atomic mass is 10.2. The molecule has 1 amide bonds. The van der Waals surface area contributed by atoms with Crippen molar-refractivity contribution in [2.24, 2.45) is 0 Å². The van der Waals surface area contributed by atoms with Crippen molar-refractivity contribution in [2.75, 3.05) is 11.9 Å². The summed E-state index contributed by atoms with van der Waals surface area (Å²) in [5, 5.41) is 5.66. The summed E-state index contributed by atoms with van der Waals surface area (Å²) in [5.41, 5.74) is 0.499. The number of hydrogen-bond donors (Lipinski definition) is 2. The first-order chi connectivity index (χ1) is 10.5. The minimum absolute atomic E-state index is 0.0394. The molecule has 1 atom stereocenters. The molecular formula is C15H16F2N2O3. The van der Waals surface area contributed by atoms with Gasteiger partial charge in [0.25, 0.3) is 0 Å². The largest absolute Gasteiger partial charge is 0.468 e. The van der Waals surface area contributed by atoms with Gasteiger partial charge >= 0.3 is 6.61 Å². The molecule has 0 bridgehead atoms. The van der Waals surface area contributed by atoms with Gasteiger partial charge in [0, 0.05) is 5.69 Å². The van der Waals surface area contributed by atoms with E-state index in [1.54, 1.807) is 12.3 Å². The van der Waals surface area contributed by atoms with Crippen molar-refractivity contribution in [3.8, 4) is 5.75 Å². The first-order valence-electron chi connectivity index (χ1n) is 6.66. The number of rotatable bonds is 7. The van der Waals surface area contributed by atoms with E-state index in [4.69, 9.17) is 4.42 Å². The summed E-state index contributed by atoms with van der Waals surface area (Å²) in [6, 6.07) is 9.20. The minimum atomic E-state index is -2.87. The highest BCUT2D eigenvalue weighted by atomic mass is 19.3. The molecule has 7 heteroatoms. The summed E-state index contributed by atoms with van der Waals surface area (Å²) in [5.74, 6) is 0.528. The molecule has 2 rings (SSSR count). The highest BCUT2D eigenvalue weighted by Gasteiger charge is 2.10. The van der Waals surface area contributed by atoms with Crippen LogP contribution in [0.5, 0.6) is 5.75 Å². The number of ether oxygens (including phenoxy) is 1. The van der Waals surface area contributed by atoms with Gasteiger partial charge in [0.05, 0.1) is 18.8 Å². The van der Waals surface area contributed by atoms with Crippen LogP contribution in [0.1, 0.15) is 18.7 Å². The maximum atomic E-state index is 12.0. The van der Waals surface area contributed by atoms with E-state index < -0.39 is 6.61 Å². The molecule has 1 aromatic heterocycles. The zero-order valence-electron chi connectivity index (χ0n) is 11.9. The van der Waals surface area contributed by atoms with Gasteiger partial charge in [-0.3, -0.25) is 10.1 Å². The maximum Gasteiger partial charge on any atom is 0.387 e. The lowest BCUT2D eigenvalue weighted by Gasteiger charge is -2.11. The van der Waals surface area contributed by atoms with Gasteiger partial charge in [-0.15, -0.1) is 0 Å². The number of carbonyl (C=O) groups excluding carboxylic acids is 1. The molecule has 2 N–H and O–H groups in total. The second-order valence-electron chi connectivity index (χ2n) is 4.57. The van der Waals surface area contributed by atoms with Gasteiger partial charge in [0.1, 0.15) is 11.5 Å². The molecule has 1 heterocycles. The van der Waals surface area contributed by atoms with Crippen molar-refractivity contribution < 1.29 is 22.7 Å². The van der Waals surface area contributed by atoms with Gasteiger partial charge in [0.15, 0.2) is 0 Å². The van der Waals surface area contributed by atoms with Crippen LogP contribution in [-0.4, -0.2) is 19.1 Å². The molecule has 1 aromatic carbocycles. The van der Waals surface area contributed by atoms with Crippen LogP contribution in [0.4, 0.5) is 14.5 Å². The third-order valence-electron chi connectivity index (χ3n) is 2.90. The number of benzene rings is 1. The average Bonchev–Trinajstić information content (AvgIpc) is 3.00. The zero-order chi connectivity index (χ0) is 15.9. The number of hydrogen-bond acceptors (Lipinski definition) is 4. The fourth-order valence-corrected chi connectivity index (χ4v) is 1.81. The molecule has 0 spiro atoms. The number of nitrogens with one attached hydrogen (secondary N) is 2. The van der Waals surface area contributed by atoms with Crippen LogP contribution in [0.3, 0.4) is 0 Å². The molecule has 5 nitrogen and oxygen atoms in total. The molecule has 0 aliphatic carbocycles. The Morgan fingerprint density at radius 1 is 1.27 bits per heavy atom. The van der Waals surface area contributed by atoms with E-state index in [1.807, 2.05) is 13.0 Å². The molecule has 0 radical (unpaired) electrons. The molecule has 118 valence electrons. The van der Waals surface area contributed by atoms with Gasteiger partial charge in [-0.05, 0) is 43.3 Å². The van der Waals surface area contributed by atoms with E-state index in [9.17, 15) is 13.6 Å². The third kappa shape index (κ3) is 4.85. The van der Waals surface area contributed by atoms with Crippen LogP contribution >= 0.6 is 0 Å². The van der Waals surface area contributed by atoms with E-state index >= 15 is 0 Å². The molecule has 22 heavy (non-hydrogen) atoms. The Hall–Kier alpha value is -2.41. The fraction of sp³-hybridized carbons (Fsp3) is 0.267. The standard InChI is InChI=1S/C15H16F2N2O3/c1-10(13-3-2-8-21-13)18-9-14(20)19-11-4-6-12(7-5-11)22-15(16)17/h2-8,10,15,18H,9H2,1H3,(H,19,20)/t10-/m1/s1. The Kier molecular flexibility index (Phi) is 5.48. The lowest BCUT2D eigenvalue weighted by molar-refractivity contribution is -0.115. The van der Waals surface area contributed by atoms with Gasteiger partial charge < -0.3 is 14.5 Å². The number of halogens is 2. The van der Waals surface area contributed by atoms with E-state index in [0.717, 1.165) is 5.76 Å². The SMILES string of the molecule is C[C@@H](NCC(=O)Nc1ccc(OC(F)F)cc1)c1ccco1. The number of anilines is 1. The number of furan rings is 1. The molecule has 2 aromatic rings. The second kappa shape index (κ2) is 7.56. The highest BCUT2D eigenvalue weighted by Crippen LogP contribution is 2.17. The first-order valence-corrected chi connectivity index (χ1v) is 6.66. The van der Waals surface area contributed by atoms with Crippen LogP contribution in [0.2, 0.25) is 0 Å². The number of alkyl halides is 2. The van der Waals surface area contributed by atoms with Gasteiger partial charge in [-0.1, -0.05) is 0 Å². The Bertz CT molecular complexity index is 585. The van der Waals surface area contributed by atoms with Crippen LogP contribution in [0.15, 0.2) is 47.1 Å². The summed E-state index contributed by atoms with van der Waals surface area (Å²) < 4.78 is 33.5. The van der Waals surface area contributed by atoms with Gasteiger partial charge in [-0.2, -0.15) is 8.78 Å². The van der Waals surface area contributed by atoms with E-state index in [1.165, 1.54) is 24.3 Å². The zero-order valence-corrected chi connectivity index (χ0v) is 11.9. The van der Waals surface area contributed by atoms with Crippen LogP contribution in [0, 0.1) is 0 Å². The van der Waals surface area contributed by atoms with E-state index in [0.29, 0.717) is 5.69 Å². The number of carbonyl (C=O) groups is 1. The highest BCUT2D eigenvalue weighted by molar-refractivity contribution is 5.92. The second-order valence-corrected chi connectivity index (χ2v) is 4.57.